The molecular weight excluding hydrogens is 364 g/mol. The van der Waals surface area contributed by atoms with Crippen LogP contribution in [0, 0.1) is 11.6 Å². The molecule has 0 saturated carbocycles. The SMILES string of the molecule is CC(C)c1c(C(=O)N(C)C)nc2c(F)cc(-c3nc(Cl)ncc3F)cn12. The molecule has 6 nitrogen and oxygen atoms in total. The van der Waals surface area contributed by atoms with E-state index < -0.39 is 11.6 Å². The molecule has 0 aliphatic rings. The van der Waals surface area contributed by atoms with Gasteiger partial charge in [0.15, 0.2) is 23.0 Å². The second kappa shape index (κ2) is 6.60. The minimum Gasteiger partial charge on any atom is -0.343 e. The first kappa shape index (κ1) is 18.2. The van der Waals surface area contributed by atoms with Crippen LogP contribution in [0.25, 0.3) is 16.9 Å². The average Bonchev–Trinajstić information content (AvgIpc) is 2.96. The Bertz CT molecular complexity index is 1020. The van der Waals surface area contributed by atoms with Gasteiger partial charge in [-0.25, -0.2) is 23.7 Å². The quantitative estimate of drug-likeness (QED) is 0.653. The molecule has 26 heavy (non-hydrogen) atoms. The summed E-state index contributed by atoms with van der Waals surface area (Å²) in [4.78, 5) is 25.4. The molecule has 0 radical (unpaired) electrons. The predicted molar refractivity (Wildman–Crippen MR) is 93.3 cm³/mol. The van der Waals surface area contributed by atoms with Crippen molar-refractivity contribution in [2.24, 2.45) is 0 Å². The van der Waals surface area contributed by atoms with Gasteiger partial charge in [-0.15, -0.1) is 0 Å². The lowest BCUT2D eigenvalue weighted by Gasteiger charge is -2.12. The van der Waals surface area contributed by atoms with Crippen LogP contribution in [0.3, 0.4) is 0 Å². The second-order valence-corrected chi connectivity index (χ2v) is 6.64. The Balaban J connectivity index is 2.33. The third kappa shape index (κ3) is 3.01. The van der Waals surface area contributed by atoms with E-state index in [9.17, 15) is 13.6 Å². The zero-order chi connectivity index (χ0) is 19.2. The summed E-state index contributed by atoms with van der Waals surface area (Å²) in [5, 5.41) is -0.153. The number of carbonyl (C=O) groups is 1. The summed E-state index contributed by atoms with van der Waals surface area (Å²) >= 11 is 5.74. The minimum atomic E-state index is -0.732. The van der Waals surface area contributed by atoms with Crippen molar-refractivity contribution in [3.63, 3.8) is 0 Å². The molecule has 0 bridgehead atoms. The Labute approximate surface area is 153 Å². The van der Waals surface area contributed by atoms with Crippen LogP contribution in [-0.4, -0.2) is 44.3 Å². The van der Waals surface area contributed by atoms with Gasteiger partial charge in [0.1, 0.15) is 5.69 Å². The molecule has 3 aromatic rings. The lowest BCUT2D eigenvalue weighted by molar-refractivity contribution is 0.0821. The van der Waals surface area contributed by atoms with Gasteiger partial charge in [0, 0.05) is 25.9 Å². The van der Waals surface area contributed by atoms with E-state index in [0.29, 0.717) is 5.69 Å². The zero-order valence-electron chi connectivity index (χ0n) is 14.6. The van der Waals surface area contributed by atoms with Crippen LogP contribution in [0.1, 0.15) is 35.9 Å². The fourth-order valence-corrected chi connectivity index (χ4v) is 2.85. The van der Waals surface area contributed by atoms with E-state index in [2.05, 4.69) is 15.0 Å². The third-order valence-corrected chi connectivity index (χ3v) is 4.04. The Morgan fingerprint density at radius 2 is 1.92 bits per heavy atom. The highest BCUT2D eigenvalue weighted by atomic mass is 35.5. The van der Waals surface area contributed by atoms with E-state index in [0.717, 1.165) is 12.3 Å². The van der Waals surface area contributed by atoms with Gasteiger partial charge in [-0.1, -0.05) is 13.8 Å². The Morgan fingerprint density at radius 1 is 1.23 bits per heavy atom. The van der Waals surface area contributed by atoms with Crippen molar-refractivity contribution in [3.05, 3.63) is 46.8 Å². The first-order valence-electron chi connectivity index (χ1n) is 7.82. The molecule has 1 amide bonds. The predicted octanol–water partition coefficient (Wildman–Crippen LogP) is 3.55. The van der Waals surface area contributed by atoms with Crippen LogP contribution >= 0.6 is 11.6 Å². The number of carbonyl (C=O) groups excluding carboxylic acids is 1. The molecule has 9 heteroatoms. The fraction of sp³-hybridized carbons (Fsp3) is 0.294. The monoisotopic (exact) mass is 379 g/mol. The molecule has 0 spiro atoms. The van der Waals surface area contributed by atoms with Crippen molar-refractivity contribution in [1.29, 1.82) is 0 Å². The molecular formula is C17H16ClF2N5O. The number of halogens is 3. The van der Waals surface area contributed by atoms with Crippen molar-refractivity contribution in [2.75, 3.05) is 14.1 Å². The summed E-state index contributed by atoms with van der Waals surface area (Å²) in [6, 6.07) is 1.11. The summed E-state index contributed by atoms with van der Waals surface area (Å²) in [6.45, 7) is 3.73. The molecule has 0 saturated heterocycles. The number of nitrogens with zero attached hydrogens (tertiary/aromatic N) is 5. The van der Waals surface area contributed by atoms with E-state index >= 15 is 0 Å². The minimum absolute atomic E-state index is 0.0109. The Hall–Kier alpha value is -2.61. The van der Waals surface area contributed by atoms with Gasteiger partial charge in [-0.2, -0.15) is 0 Å². The second-order valence-electron chi connectivity index (χ2n) is 6.31. The molecule has 0 N–H and O–H groups in total. The lowest BCUT2D eigenvalue weighted by Crippen LogP contribution is -2.23. The highest BCUT2D eigenvalue weighted by Gasteiger charge is 2.25. The van der Waals surface area contributed by atoms with Crippen LogP contribution < -0.4 is 0 Å². The number of hydrogen-bond acceptors (Lipinski definition) is 4. The van der Waals surface area contributed by atoms with Gasteiger partial charge in [-0.3, -0.25) is 9.20 Å². The van der Waals surface area contributed by atoms with Crippen molar-refractivity contribution in [3.8, 4) is 11.3 Å². The summed E-state index contributed by atoms with van der Waals surface area (Å²) in [7, 11) is 3.19. The number of aromatic nitrogens is 4. The Morgan fingerprint density at radius 3 is 2.54 bits per heavy atom. The molecule has 0 unspecified atom stereocenters. The van der Waals surface area contributed by atoms with Crippen molar-refractivity contribution in [1.82, 2.24) is 24.3 Å². The number of amides is 1. The van der Waals surface area contributed by atoms with E-state index in [4.69, 9.17) is 11.6 Å². The number of rotatable bonds is 3. The maximum absolute atomic E-state index is 14.7. The summed E-state index contributed by atoms with van der Waals surface area (Å²) in [5.41, 5.74) is 0.708. The highest BCUT2D eigenvalue weighted by molar-refractivity contribution is 6.28. The van der Waals surface area contributed by atoms with Gasteiger partial charge >= 0.3 is 0 Å². The largest absolute Gasteiger partial charge is 0.343 e. The van der Waals surface area contributed by atoms with Crippen LogP contribution in [0.4, 0.5) is 8.78 Å². The van der Waals surface area contributed by atoms with E-state index in [-0.39, 0.29) is 39.7 Å². The number of hydrogen-bond donors (Lipinski definition) is 0. The molecule has 3 heterocycles. The van der Waals surface area contributed by atoms with Crippen molar-refractivity contribution in [2.45, 2.75) is 19.8 Å². The van der Waals surface area contributed by atoms with Crippen LogP contribution in [0.2, 0.25) is 5.28 Å². The maximum Gasteiger partial charge on any atom is 0.273 e. The van der Waals surface area contributed by atoms with E-state index in [1.807, 2.05) is 13.8 Å². The topological polar surface area (TPSA) is 63.4 Å². The molecule has 0 aliphatic carbocycles. The standard InChI is InChI=1S/C17H16ClF2N5O/c1-8(2)14-13(16(26)24(3)4)22-15-10(19)5-9(7-25(14)15)12-11(20)6-21-17(18)23-12/h5-8H,1-4H3. The van der Waals surface area contributed by atoms with Crippen LogP contribution in [0.5, 0.6) is 0 Å². The van der Waals surface area contributed by atoms with Gasteiger partial charge in [0.25, 0.3) is 5.91 Å². The fourth-order valence-electron chi connectivity index (χ4n) is 2.72. The average molecular weight is 380 g/mol. The zero-order valence-corrected chi connectivity index (χ0v) is 15.3. The Kier molecular flexibility index (Phi) is 4.62. The number of fused-ring (bicyclic) bond motifs is 1. The van der Waals surface area contributed by atoms with Gasteiger partial charge in [0.05, 0.1) is 11.9 Å². The van der Waals surface area contributed by atoms with E-state index in [1.165, 1.54) is 15.5 Å². The summed E-state index contributed by atoms with van der Waals surface area (Å²) in [6.07, 6.45) is 2.42. The third-order valence-electron chi connectivity index (χ3n) is 3.86. The van der Waals surface area contributed by atoms with E-state index in [1.54, 1.807) is 14.1 Å². The van der Waals surface area contributed by atoms with Crippen molar-refractivity contribution >= 4 is 23.2 Å². The summed E-state index contributed by atoms with van der Waals surface area (Å²) in [5.74, 6) is -1.90. The smallest absolute Gasteiger partial charge is 0.273 e. The van der Waals surface area contributed by atoms with Gasteiger partial charge in [0.2, 0.25) is 5.28 Å². The van der Waals surface area contributed by atoms with Crippen LogP contribution in [0.15, 0.2) is 18.5 Å². The molecule has 3 rings (SSSR count). The first-order chi connectivity index (χ1) is 12.2. The number of pyridine rings is 1. The van der Waals surface area contributed by atoms with Crippen molar-refractivity contribution < 1.29 is 13.6 Å². The highest BCUT2D eigenvalue weighted by Crippen LogP contribution is 2.28. The first-order valence-corrected chi connectivity index (χ1v) is 8.20. The number of imidazole rings is 1. The molecule has 0 aliphatic heterocycles. The normalized spacial score (nSPS) is 11.4. The molecule has 3 aromatic heterocycles. The molecule has 0 aromatic carbocycles. The van der Waals surface area contributed by atoms with Gasteiger partial charge < -0.3 is 4.90 Å². The molecule has 0 fully saturated rings. The molecule has 0 atom stereocenters. The molecule has 136 valence electrons. The maximum atomic E-state index is 14.7. The van der Waals surface area contributed by atoms with Gasteiger partial charge in [-0.05, 0) is 23.6 Å². The van der Waals surface area contributed by atoms with Crippen LogP contribution in [-0.2, 0) is 0 Å². The lowest BCUT2D eigenvalue weighted by atomic mass is 10.1. The summed E-state index contributed by atoms with van der Waals surface area (Å²) < 4.78 is 30.2.